The molecule has 0 aliphatic heterocycles. The van der Waals surface area contributed by atoms with Crippen LogP contribution >= 0.6 is 0 Å². The first-order valence-corrected chi connectivity index (χ1v) is 14.6. The van der Waals surface area contributed by atoms with Crippen molar-refractivity contribution < 1.29 is 0 Å². The molecule has 0 aromatic carbocycles. The molecule has 0 aliphatic carbocycles. The molecule has 0 saturated carbocycles. The monoisotopic (exact) mass is 421 g/mol. The van der Waals surface area contributed by atoms with E-state index in [4.69, 9.17) is 0 Å². The van der Waals surface area contributed by atoms with Crippen molar-refractivity contribution in [2.24, 2.45) is 5.92 Å². The largest absolute Gasteiger partial charge is 0.0654 e. The Morgan fingerprint density at radius 1 is 0.367 bits per heavy atom. The van der Waals surface area contributed by atoms with Crippen molar-refractivity contribution >= 4 is 0 Å². The molecule has 30 heavy (non-hydrogen) atoms. The SMILES string of the molecule is [CH2]CC(CCCCCCCCCCCC)CCCCCCCCCCCCCCC. The lowest BCUT2D eigenvalue weighted by Gasteiger charge is -2.14. The summed E-state index contributed by atoms with van der Waals surface area (Å²) in [6.07, 6.45) is 37.6. The van der Waals surface area contributed by atoms with Crippen LogP contribution in [0, 0.1) is 12.8 Å². The molecule has 0 aromatic rings. The molecule has 0 aromatic heterocycles. The lowest BCUT2D eigenvalue weighted by atomic mass is 9.92. The van der Waals surface area contributed by atoms with Gasteiger partial charge in [-0.2, -0.15) is 0 Å². The first kappa shape index (κ1) is 30.0. The Hall–Kier alpha value is 0. The van der Waals surface area contributed by atoms with Crippen molar-refractivity contribution in [3.8, 4) is 0 Å². The minimum atomic E-state index is 0.909. The predicted molar refractivity (Wildman–Crippen MR) is 140 cm³/mol. The van der Waals surface area contributed by atoms with Gasteiger partial charge < -0.3 is 0 Å². The van der Waals surface area contributed by atoms with Gasteiger partial charge >= 0.3 is 0 Å². The Kier molecular flexibility index (Phi) is 27.0. The average molecular weight is 422 g/mol. The Balaban J connectivity index is 3.26. The fourth-order valence-electron chi connectivity index (χ4n) is 4.80. The molecular weight excluding hydrogens is 360 g/mol. The van der Waals surface area contributed by atoms with E-state index in [1.165, 1.54) is 161 Å². The summed E-state index contributed by atoms with van der Waals surface area (Å²) in [5.74, 6) is 0.909. The first-order chi connectivity index (χ1) is 14.8. The molecule has 0 bridgehead atoms. The number of hydrogen-bond acceptors (Lipinski definition) is 0. The van der Waals surface area contributed by atoms with Crippen LogP contribution in [0.2, 0.25) is 0 Å². The second-order valence-electron chi connectivity index (χ2n) is 10.2. The van der Waals surface area contributed by atoms with Crippen molar-refractivity contribution in [1.82, 2.24) is 0 Å². The van der Waals surface area contributed by atoms with Crippen LogP contribution in [0.1, 0.15) is 181 Å². The van der Waals surface area contributed by atoms with Gasteiger partial charge in [0.25, 0.3) is 0 Å². The molecule has 0 rings (SSSR count). The third-order valence-corrected chi connectivity index (χ3v) is 7.09. The average Bonchev–Trinajstić information content (AvgIpc) is 2.76. The summed E-state index contributed by atoms with van der Waals surface area (Å²) < 4.78 is 0. The molecule has 0 N–H and O–H groups in total. The molecule has 181 valence electrons. The van der Waals surface area contributed by atoms with Crippen molar-refractivity contribution in [2.45, 2.75) is 181 Å². The van der Waals surface area contributed by atoms with E-state index in [-0.39, 0.29) is 0 Å². The summed E-state index contributed by atoms with van der Waals surface area (Å²) >= 11 is 0. The number of hydrogen-bond donors (Lipinski definition) is 0. The van der Waals surface area contributed by atoms with Gasteiger partial charge in [-0.25, -0.2) is 0 Å². The summed E-state index contributed by atoms with van der Waals surface area (Å²) in [5, 5.41) is 0. The number of rotatable bonds is 26. The topological polar surface area (TPSA) is 0 Å². The minimum Gasteiger partial charge on any atom is -0.0654 e. The third-order valence-electron chi connectivity index (χ3n) is 7.09. The highest BCUT2D eigenvalue weighted by molar-refractivity contribution is 4.62. The molecule has 0 nitrogen and oxygen atoms in total. The van der Waals surface area contributed by atoms with Crippen LogP contribution in [0.4, 0.5) is 0 Å². The molecule has 0 spiro atoms. The minimum absolute atomic E-state index is 0.909. The highest BCUT2D eigenvalue weighted by atomic mass is 14.1. The summed E-state index contributed by atoms with van der Waals surface area (Å²) in [4.78, 5) is 0. The van der Waals surface area contributed by atoms with Crippen molar-refractivity contribution in [3.05, 3.63) is 6.92 Å². The predicted octanol–water partition coefficient (Wildman–Crippen LogP) is 11.6. The van der Waals surface area contributed by atoms with Gasteiger partial charge in [-0.1, -0.05) is 188 Å². The van der Waals surface area contributed by atoms with E-state index < -0.39 is 0 Å². The summed E-state index contributed by atoms with van der Waals surface area (Å²) in [6.45, 7) is 8.84. The van der Waals surface area contributed by atoms with Gasteiger partial charge in [-0.05, 0) is 5.92 Å². The van der Waals surface area contributed by atoms with E-state index in [2.05, 4.69) is 20.8 Å². The maximum Gasteiger partial charge on any atom is -0.0414 e. The zero-order chi connectivity index (χ0) is 22.0. The van der Waals surface area contributed by atoms with Gasteiger partial charge in [0.05, 0.1) is 0 Å². The quantitative estimate of drug-likeness (QED) is 0.122. The molecule has 0 amide bonds. The van der Waals surface area contributed by atoms with Gasteiger partial charge in [-0.3, -0.25) is 0 Å². The van der Waals surface area contributed by atoms with Crippen molar-refractivity contribution in [3.63, 3.8) is 0 Å². The Morgan fingerprint density at radius 3 is 0.833 bits per heavy atom. The van der Waals surface area contributed by atoms with Crippen LogP contribution < -0.4 is 0 Å². The molecule has 1 atom stereocenters. The molecule has 0 heterocycles. The summed E-state index contributed by atoms with van der Waals surface area (Å²) in [5.41, 5.74) is 0. The van der Waals surface area contributed by atoms with Crippen LogP contribution in [-0.2, 0) is 0 Å². The maximum atomic E-state index is 4.23. The van der Waals surface area contributed by atoms with E-state index in [0.717, 1.165) is 12.3 Å². The van der Waals surface area contributed by atoms with Gasteiger partial charge in [0.15, 0.2) is 0 Å². The normalized spacial score (nSPS) is 12.5. The summed E-state index contributed by atoms with van der Waals surface area (Å²) in [6, 6.07) is 0. The smallest absolute Gasteiger partial charge is 0.0414 e. The fraction of sp³-hybridized carbons (Fsp3) is 0.967. The Morgan fingerprint density at radius 2 is 0.600 bits per heavy atom. The van der Waals surface area contributed by atoms with E-state index in [0.29, 0.717) is 0 Å². The van der Waals surface area contributed by atoms with E-state index >= 15 is 0 Å². The molecule has 1 unspecified atom stereocenters. The van der Waals surface area contributed by atoms with E-state index in [9.17, 15) is 0 Å². The fourth-order valence-corrected chi connectivity index (χ4v) is 4.80. The zero-order valence-corrected chi connectivity index (χ0v) is 21.7. The molecule has 0 fully saturated rings. The van der Waals surface area contributed by atoms with Gasteiger partial charge in [0, 0.05) is 0 Å². The van der Waals surface area contributed by atoms with Crippen molar-refractivity contribution in [1.29, 1.82) is 0 Å². The second-order valence-corrected chi connectivity index (χ2v) is 10.2. The van der Waals surface area contributed by atoms with Crippen LogP contribution in [-0.4, -0.2) is 0 Å². The molecule has 1 radical (unpaired) electrons. The van der Waals surface area contributed by atoms with Crippen molar-refractivity contribution in [2.75, 3.05) is 0 Å². The standard InChI is InChI=1S/C30H61/c1-4-7-9-11-13-15-17-18-19-21-23-25-27-29-30(6-3)28-26-24-22-20-16-14-12-10-8-5-2/h30H,3-29H2,1-2H3. The van der Waals surface area contributed by atoms with E-state index in [1.807, 2.05) is 0 Å². The third kappa shape index (κ3) is 24.3. The van der Waals surface area contributed by atoms with Crippen LogP contribution in [0.5, 0.6) is 0 Å². The van der Waals surface area contributed by atoms with Gasteiger partial charge in [0.2, 0.25) is 0 Å². The Labute approximate surface area is 193 Å². The van der Waals surface area contributed by atoms with Crippen LogP contribution in [0.3, 0.4) is 0 Å². The van der Waals surface area contributed by atoms with Gasteiger partial charge in [0.1, 0.15) is 0 Å². The zero-order valence-electron chi connectivity index (χ0n) is 21.7. The lowest BCUT2D eigenvalue weighted by molar-refractivity contribution is 0.404. The van der Waals surface area contributed by atoms with Crippen LogP contribution in [0.25, 0.3) is 0 Å². The summed E-state index contributed by atoms with van der Waals surface area (Å²) in [7, 11) is 0. The van der Waals surface area contributed by atoms with Crippen LogP contribution in [0.15, 0.2) is 0 Å². The molecule has 0 heteroatoms. The highest BCUT2D eigenvalue weighted by Crippen LogP contribution is 2.22. The highest BCUT2D eigenvalue weighted by Gasteiger charge is 2.06. The number of unbranched alkanes of at least 4 members (excludes halogenated alkanes) is 21. The molecular formula is C30H61. The van der Waals surface area contributed by atoms with Gasteiger partial charge in [-0.15, -0.1) is 0 Å². The Bertz CT molecular complexity index is 282. The van der Waals surface area contributed by atoms with E-state index in [1.54, 1.807) is 0 Å². The molecule has 0 saturated heterocycles. The molecule has 0 aliphatic rings. The lowest BCUT2D eigenvalue weighted by Crippen LogP contribution is -1.99. The maximum absolute atomic E-state index is 4.23. The first-order valence-electron chi connectivity index (χ1n) is 14.6. The second kappa shape index (κ2) is 27.0.